The van der Waals surface area contributed by atoms with E-state index in [2.05, 4.69) is 10.6 Å². The van der Waals surface area contributed by atoms with E-state index >= 15 is 0 Å². The fourth-order valence-corrected chi connectivity index (χ4v) is 3.68. The summed E-state index contributed by atoms with van der Waals surface area (Å²) < 4.78 is 34.9. The highest BCUT2D eigenvalue weighted by Crippen LogP contribution is 2.29. The van der Waals surface area contributed by atoms with Crippen LogP contribution in [0.5, 0.6) is 11.5 Å². The van der Waals surface area contributed by atoms with E-state index in [1.807, 2.05) is 0 Å². The minimum atomic E-state index is -3.56. The molecular weight excluding hydrogens is 320 g/mol. The molecule has 1 heterocycles. The average molecular weight is 342 g/mol. The van der Waals surface area contributed by atoms with Gasteiger partial charge in [0.15, 0.2) is 21.3 Å². The third-order valence-corrected chi connectivity index (χ3v) is 5.45. The van der Waals surface area contributed by atoms with Crippen molar-refractivity contribution in [3.05, 3.63) is 18.2 Å². The highest BCUT2D eigenvalue weighted by atomic mass is 32.2. The Labute approximate surface area is 136 Å². The molecule has 128 valence electrons. The van der Waals surface area contributed by atoms with Gasteiger partial charge in [0.1, 0.15) is 0 Å². The topological polar surface area (TPSA) is 93.7 Å². The van der Waals surface area contributed by atoms with Gasteiger partial charge in [-0.1, -0.05) is 0 Å². The van der Waals surface area contributed by atoms with Gasteiger partial charge in [-0.25, -0.2) is 8.42 Å². The van der Waals surface area contributed by atoms with Gasteiger partial charge in [-0.15, -0.1) is 0 Å². The molecule has 0 bridgehead atoms. The number of hydrogen-bond acceptors (Lipinski definition) is 6. The van der Waals surface area contributed by atoms with E-state index in [4.69, 9.17) is 9.47 Å². The Balaban J connectivity index is 1.99. The van der Waals surface area contributed by atoms with Crippen LogP contribution in [0.2, 0.25) is 0 Å². The molecule has 0 aliphatic carbocycles. The number of carbonyl (C=O) groups excluding carboxylic acids is 1. The van der Waals surface area contributed by atoms with Gasteiger partial charge in [0.05, 0.1) is 24.9 Å². The van der Waals surface area contributed by atoms with Crippen molar-refractivity contribution in [3.8, 4) is 11.5 Å². The molecule has 1 atom stereocenters. The number of nitrogens with one attached hydrogen (secondary N) is 2. The summed E-state index contributed by atoms with van der Waals surface area (Å²) in [4.78, 5) is 12.0. The number of sulfone groups is 1. The third-order valence-electron chi connectivity index (χ3n) is 3.74. The molecule has 8 heteroatoms. The first-order valence-corrected chi connectivity index (χ1v) is 9.06. The second-order valence-corrected chi connectivity index (χ2v) is 7.45. The Bertz CT molecular complexity index is 654. The molecule has 1 aliphatic heterocycles. The van der Waals surface area contributed by atoms with Gasteiger partial charge in [0.25, 0.3) is 0 Å². The van der Waals surface area contributed by atoms with Crippen LogP contribution in [0, 0.1) is 0 Å². The van der Waals surface area contributed by atoms with Crippen LogP contribution in [-0.2, 0) is 14.6 Å². The number of hydrogen-bond donors (Lipinski definition) is 2. The van der Waals surface area contributed by atoms with E-state index in [0.29, 0.717) is 11.5 Å². The first-order chi connectivity index (χ1) is 11.0. The average Bonchev–Trinajstić information content (AvgIpc) is 3.05. The summed E-state index contributed by atoms with van der Waals surface area (Å²) in [5, 5.41) is 5.97. The summed E-state index contributed by atoms with van der Waals surface area (Å²) in [6.07, 6.45) is 0.807. The number of amides is 1. The molecule has 1 aromatic carbocycles. The zero-order valence-corrected chi connectivity index (χ0v) is 14.1. The van der Waals surface area contributed by atoms with Crippen molar-refractivity contribution in [2.24, 2.45) is 0 Å². The Kier molecular flexibility index (Phi) is 5.84. The molecular formula is C15H22N2O5S. The smallest absolute Gasteiger partial charge is 0.221 e. The Morgan fingerprint density at radius 3 is 2.65 bits per heavy atom. The van der Waals surface area contributed by atoms with Crippen LogP contribution in [0.4, 0.5) is 0 Å². The number of benzene rings is 1. The summed E-state index contributed by atoms with van der Waals surface area (Å²) in [5.41, 5.74) is 0. The molecule has 0 spiro atoms. The van der Waals surface area contributed by atoms with E-state index in [0.717, 1.165) is 19.5 Å². The first-order valence-electron chi connectivity index (χ1n) is 7.41. The van der Waals surface area contributed by atoms with Gasteiger partial charge >= 0.3 is 0 Å². The Morgan fingerprint density at radius 2 is 2.04 bits per heavy atom. The molecule has 7 nitrogen and oxygen atoms in total. The van der Waals surface area contributed by atoms with Crippen LogP contribution < -0.4 is 20.1 Å². The highest BCUT2D eigenvalue weighted by Gasteiger charge is 2.21. The molecule has 0 saturated carbocycles. The Hall–Kier alpha value is -1.80. The summed E-state index contributed by atoms with van der Waals surface area (Å²) >= 11 is 0. The van der Waals surface area contributed by atoms with E-state index in [9.17, 15) is 13.2 Å². The van der Waals surface area contributed by atoms with Gasteiger partial charge in [0.2, 0.25) is 5.91 Å². The molecule has 1 saturated heterocycles. The fraction of sp³-hybridized carbons (Fsp3) is 0.533. The third kappa shape index (κ3) is 4.59. The summed E-state index contributed by atoms with van der Waals surface area (Å²) in [5.74, 6) is 0.310. The molecule has 2 rings (SSSR count). The van der Waals surface area contributed by atoms with E-state index in [1.165, 1.54) is 32.4 Å². The number of rotatable bonds is 7. The van der Waals surface area contributed by atoms with Gasteiger partial charge in [0, 0.05) is 25.1 Å². The molecule has 1 amide bonds. The molecule has 1 aliphatic rings. The molecule has 0 aromatic heterocycles. The van der Waals surface area contributed by atoms with Crippen molar-refractivity contribution in [2.75, 3.05) is 33.1 Å². The van der Waals surface area contributed by atoms with Crippen LogP contribution >= 0.6 is 0 Å². The van der Waals surface area contributed by atoms with Crippen molar-refractivity contribution in [1.29, 1.82) is 0 Å². The van der Waals surface area contributed by atoms with Crippen LogP contribution in [0.25, 0.3) is 0 Å². The van der Waals surface area contributed by atoms with E-state index in [1.54, 1.807) is 0 Å². The van der Waals surface area contributed by atoms with Crippen molar-refractivity contribution in [1.82, 2.24) is 10.6 Å². The summed E-state index contributed by atoms with van der Waals surface area (Å²) in [7, 11) is -0.636. The van der Waals surface area contributed by atoms with Crippen molar-refractivity contribution >= 4 is 15.7 Å². The van der Waals surface area contributed by atoms with E-state index in [-0.39, 0.29) is 29.0 Å². The zero-order chi connectivity index (χ0) is 16.9. The number of carbonyl (C=O) groups is 1. The molecule has 23 heavy (non-hydrogen) atoms. The predicted octanol–water partition coefficient (Wildman–Crippen LogP) is 0.346. The quantitative estimate of drug-likeness (QED) is 0.742. The Morgan fingerprint density at radius 1 is 1.30 bits per heavy atom. The SMILES string of the molecule is COc1ccc(S(=O)(=O)CCC(=O)NC2CCNC2)cc1OC. The van der Waals surface area contributed by atoms with Crippen LogP contribution in [-0.4, -0.2) is 53.4 Å². The normalized spacial score (nSPS) is 17.7. The highest BCUT2D eigenvalue weighted by molar-refractivity contribution is 7.91. The van der Waals surface area contributed by atoms with Crippen LogP contribution in [0.3, 0.4) is 0 Å². The zero-order valence-electron chi connectivity index (χ0n) is 13.3. The monoisotopic (exact) mass is 342 g/mol. The lowest BCUT2D eigenvalue weighted by atomic mass is 10.2. The van der Waals surface area contributed by atoms with Crippen LogP contribution in [0.1, 0.15) is 12.8 Å². The van der Waals surface area contributed by atoms with Gasteiger partial charge in [-0.3, -0.25) is 4.79 Å². The number of ether oxygens (including phenoxy) is 2. The lowest BCUT2D eigenvalue weighted by Crippen LogP contribution is -2.36. The summed E-state index contributed by atoms with van der Waals surface area (Å²) in [6, 6.07) is 4.49. The molecule has 1 fully saturated rings. The first kappa shape index (κ1) is 17.6. The fourth-order valence-electron chi connectivity index (χ4n) is 2.43. The number of methoxy groups -OCH3 is 2. The lowest BCUT2D eigenvalue weighted by molar-refractivity contribution is -0.121. The largest absolute Gasteiger partial charge is 0.493 e. The van der Waals surface area contributed by atoms with E-state index < -0.39 is 9.84 Å². The van der Waals surface area contributed by atoms with Gasteiger partial charge in [-0.05, 0) is 25.1 Å². The minimum Gasteiger partial charge on any atom is -0.493 e. The molecule has 2 N–H and O–H groups in total. The standard InChI is InChI=1S/C15H22N2O5S/c1-21-13-4-3-12(9-14(13)22-2)23(19,20)8-6-15(18)17-11-5-7-16-10-11/h3-4,9,11,16H,5-8,10H2,1-2H3,(H,17,18). The predicted molar refractivity (Wildman–Crippen MR) is 85.6 cm³/mol. The van der Waals surface area contributed by atoms with Crippen molar-refractivity contribution in [3.63, 3.8) is 0 Å². The maximum absolute atomic E-state index is 12.4. The van der Waals surface area contributed by atoms with Crippen molar-refractivity contribution in [2.45, 2.75) is 23.8 Å². The lowest BCUT2D eigenvalue weighted by Gasteiger charge is -2.12. The maximum Gasteiger partial charge on any atom is 0.221 e. The van der Waals surface area contributed by atoms with Gasteiger partial charge in [-0.2, -0.15) is 0 Å². The van der Waals surface area contributed by atoms with Crippen molar-refractivity contribution < 1.29 is 22.7 Å². The maximum atomic E-state index is 12.4. The second kappa shape index (κ2) is 7.65. The van der Waals surface area contributed by atoms with Crippen LogP contribution in [0.15, 0.2) is 23.1 Å². The minimum absolute atomic E-state index is 0.0623. The van der Waals surface area contributed by atoms with Gasteiger partial charge < -0.3 is 20.1 Å². The molecule has 1 unspecified atom stereocenters. The molecule has 0 radical (unpaired) electrons. The summed E-state index contributed by atoms with van der Waals surface area (Å²) in [6.45, 7) is 1.60. The molecule has 1 aromatic rings. The second-order valence-electron chi connectivity index (χ2n) is 5.34.